The Hall–Kier alpha value is -4.14. The average Bonchev–Trinajstić information content (AvgIpc) is 3.35. The molecule has 0 aliphatic carbocycles. The zero-order valence-electron chi connectivity index (χ0n) is 21.9. The molecule has 194 valence electrons. The number of amides is 1. The number of H-pyrrole nitrogens is 1. The van der Waals surface area contributed by atoms with E-state index in [0.717, 1.165) is 47.4 Å². The number of aromatic nitrogens is 4. The number of aromatic amines is 1. The van der Waals surface area contributed by atoms with Crippen molar-refractivity contribution in [1.82, 2.24) is 20.2 Å². The minimum absolute atomic E-state index is 0.190. The van der Waals surface area contributed by atoms with Gasteiger partial charge < -0.3 is 20.7 Å². The van der Waals surface area contributed by atoms with Crippen molar-refractivity contribution in [3.63, 3.8) is 0 Å². The molecule has 4 aromatic rings. The number of fused-ring (bicyclic) bond motifs is 1. The van der Waals surface area contributed by atoms with Crippen molar-refractivity contribution in [3.05, 3.63) is 54.7 Å². The molecule has 4 N–H and O–H groups in total. The van der Waals surface area contributed by atoms with Crippen LogP contribution in [0.25, 0.3) is 22.3 Å². The van der Waals surface area contributed by atoms with Gasteiger partial charge in [-0.1, -0.05) is 39.3 Å². The fourth-order valence-corrected chi connectivity index (χ4v) is 4.35. The maximum Gasteiger partial charge on any atom is 0.255 e. The SMILES string of the molecule is CCC(CCN(C)c1cc(Nc2ccc3[nH]ncc3c2)nc(-c2cccc(OCC(N)=O)c2)n1)C(C)C. The molecule has 0 saturated carbocycles. The largest absolute Gasteiger partial charge is 0.484 e. The number of hydrogen-bond acceptors (Lipinski definition) is 7. The van der Waals surface area contributed by atoms with Crippen LogP contribution in [0.3, 0.4) is 0 Å². The van der Waals surface area contributed by atoms with Crippen LogP contribution in [-0.4, -0.2) is 46.3 Å². The number of ether oxygens (including phenoxy) is 1. The van der Waals surface area contributed by atoms with Gasteiger partial charge in [-0.25, -0.2) is 9.97 Å². The van der Waals surface area contributed by atoms with E-state index in [1.807, 2.05) is 42.5 Å². The zero-order valence-corrected chi connectivity index (χ0v) is 21.9. The molecule has 0 saturated heterocycles. The van der Waals surface area contributed by atoms with Crippen LogP contribution in [0.5, 0.6) is 5.75 Å². The fourth-order valence-electron chi connectivity index (χ4n) is 4.35. The van der Waals surface area contributed by atoms with Crippen molar-refractivity contribution in [2.45, 2.75) is 33.6 Å². The molecule has 1 unspecified atom stereocenters. The maximum absolute atomic E-state index is 11.2. The number of nitrogens with one attached hydrogen (secondary N) is 2. The average molecular weight is 502 g/mol. The van der Waals surface area contributed by atoms with Crippen molar-refractivity contribution < 1.29 is 9.53 Å². The molecule has 2 heterocycles. The molecule has 9 heteroatoms. The number of hydrogen-bond donors (Lipinski definition) is 3. The van der Waals surface area contributed by atoms with E-state index in [0.29, 0.717) is 29.2 Å². The number of carbonyl (C=O) groups excluding carboxylic acids is 1. The van der Waals surface area contributed by atoms with Gasteiger partial charge >= 0.3 is 0 Å². The van der Waals surface area contributed by atoms with Crippen molar-refractivity contribution in [1.29, 1.82) is 0 Å². The predicted octanol–water partition coefficient (Wildman–Crippen LogP) is 5.14. The lowest BCUT2D eigenvalue weighted by Crippen LogP contribution is -2.24. The van der Waals surface area contributed by atoms with E-state index >= 15 is 0 Å². The minimum atomic E-state index is -0.530. The Bertz CT molecular complexity index is 1350. The number of benzene rings is 2. The van der Waals surface area contributed by atoms with Crippen molar-refractivity contribution in [2.24, 2.45) is 17.6 Å². The number of carbonyl (C=O) groups is 1. The number of nitrogens with zero attached hydrogens (tertiary/aromatic N) is 4. The van der Waals surface area contributed by atoms with Crippen LogP contribution >= 0.6 is 0 Å². The molecule has 9 nitrogen and oxygen atoms in total. The molecule has 0 aliphatic heterocycles. The molecule has 37 heavy (non-hydrogen) atoms. The van der Waals surface area contributed by atoms with E-state index in [4.69, 9.17) is 20.4 Å². The predicted molar refractivity (Wildman–Crippen MR) is 148 cm³/mol. The first kappa shape index (κ1) is 25.9. The van der Waals surface area contributed by atoms with E-state index < -0.39 is 5.91 Å². The van der Waals surface area contributed by atoms with Crippen molar-refractivity contribution in [2.75, 3.05) is 30.4 Å². The zero-order chi connectivity index (χ0) is 26.4. The molecule has 0 aliphatic rings. The van der Waals surface area contributed by atoms with Gasteiger partial charge in [0, 0.05) is 36.3 Å². The van der Waals surface area contributed by atoms with Crippen LogP contribution in [0, 0.1) is 11.8 Å². The summed E-state index contributed by atoms with van der Waals surface area (Å²) in [6, 6.07) is 15.3. The second-order valence-corrected chi connectivity index (χ2v) is 9.64. The molecule has 0 bridgehead atoms. The van der Waals surface area contributed by atoms with Gasteiger partial charge in [0.25, 0.3) is 5.91 Å². The lowest BCUT2D eigenvalue weighted by molar-refractivity contribution is -0.119. The first-order chi connectivity index (χ1) is 17.8. The number of nitrogens with two attached hydrogens (primary N) is 1. The Balaban J connectivity index is 1.65. The summed E-state index contributed by atoms with van der Waals surface area (Å²) >= 11 is 0. The first-order valence-corrected chi connectivity index (χ1v) is 12.6. The number of anilines is 3. The van der Waals surface area contributed by atoms with E-state index in [2.05, 4.69) is 48.2 Å². The fraction of sp³-hybridized carbons (Fsp3) is 0.357. The summed E-state index contributed by atoms with van der Waals surface area (Å²) in [4.78, 5) is 23.0. The second-order valence-electron chi connectivity index (χ2n) is 9.64. The summed E-state index contributed by atoms with van der Waals surface area (Å²) in [5.74, 6) is 3.34. The molecule has 2 aromatic heterocycles. The Morgan fingerprint density at radius 2 is 2.00 bits per heavy atom. The van der Waals surface area contributed by atoms with Crippen LogP contribution in [-0.2, 0) is 4.79 Å². The minimum Gasteiger partial charge on any atom is -0.484 e. The summed E-state index contributed by atoms with van der Waals surface area (Å²) < 4.78 is 5.50. The van der Waals surface area contributed by atoms with Gasteiger partial charge in [0.2, 0.25) is 0 Å². The van der Waals surface area contributed by atoms with Gasteiger partial charge in [0.1, 0.15) is 17.4 Å². The Labute approximate surface area is 217 Å². The van der Waals surface area contributed by atoms with Gasteiger partial charge in [-0.05, 0) is 48.6 Å². The molecule has 0 radical (unpaired) electrons. The van der Waals surface area contributed by atoms with Crippen molar-refractivity contribution in [3.8, 4) is 17.1 Å². The molecule has 1 amide bonds. The van der Waals surface area contributed by atoms with Gasteiger partial charge in [0.05, 0.1) is 11.7 Å². The lowest BCUT2D eigenvalue weighted by atomic mass is 9.90. The third-order valence-electron chi connectivity index (χ3n) is 6.59. The molecule has 0 fully saturated rings. The second kappa shape index (κ2) is 11.7. The van der Waals surface area contributed by atoms with Crippen LogP contribution in [0.2, 0.25) is 0 Å². The molecule has 4 rings (SSSR count). The van der Waals surface area contributed by atoms with Crippen LogP contribution < -0.4 is 20.7 Å². The van der Waals surface area contributed by atoms with E-state index in [1.165, 1.54) is 0 Å². The monoisotopic (exact) mass is 501 g/mol. The Kier molecular flexibility index (Phi) is 8.22. The van der Waals surface area contributed by atoms with E-state index in [-0.39, 0.29) is 6.61 Å². The number of rotatable bonds is 12. The quantitative estimate of drug-likeness (QED) is 0.246. The highest BCUT2D eigenvalue weighted by Gasteiger charge is 2.15. The van der Waals surface area contributed by atoms with E-state index in [9.17, 15) is 4.79 Å². The molecule has 2 aromatic carbocycles. The normalized spacial score (nSPS) is 12.0. The molecule has 1 atom stereocenters. The third kappa shape index (κ3) is 6.75. The number of primary amides is 1. The molecular formula is C28H35N7O2. The standard InChI is InChI=1S/C28H35N7O2/c1-5-19(18(2)3)11-12-35(4)27-15-26(31-22-9-10-24-21(13-22)16-30-34-24)32-28(33-27)20-7-6-8-23(14-20)37-17-25(29)36/h6-10,13-16,18-19H,5,11-12,17H2,1-4H3,(H2,29,36)(H,30,34)(H,31,32,33). The molecular weight excluding hydrogens is 466 g/mol. The third-order valence-corrected chi connectivity index (χ3v) is 6.59. The summed E-state index contributed by atoms with van der Waals surface area (Å²) in [6.45, 7) is 7.51. The van der Waals surface area contributed by atoms with Gasteiger partial charge in [0.15, 0.2) is 12.4 Å². The van der Waals surface area contributed by atoms with Crippen LogP contribution in [0.15, 0.2) is 54.7 Å². The summed E-state index contributed by atoms with van der Waals surface area (Å²) in [6.07, 6.45) is 4.03. The molecule has 0 spiro atoms. The smallest absolute Gasteiger partial charge is 0.255 e. The lowest BCUT2D eigenvalue weighted by Gasteiger charge is -2.24. The highest BCUT2D eigenvalue weighted by atomic mass is 16.5. The Morgan fingerprint density at radius 1 is 1.16 bits per heavy atom. The van der Waals surface area contributed by atoms with Gasteiger partial charge in [-0.15, -0.1) is 0 Å². The van der Waals surface area contributed by atoms with Crippen LogP contribution in [0.4, 0.5) is 17.3 Å². The topological polar surface area (TPSA) is 122 Å². The summed E-state index contributed by atoms with van der Waals surface area (Å²) in [7, 11) is 2.06. The van der Waals surface area contributed by atoms with E-state index in [1.54, 1.807) is 12.3 Å². The van der Waals surface area contributed by atoms with Gasteiger partial charge in [-0.3, -0.25) is 9.89 Å². The first-order valence-electron chi connectivity index (χ1n) is 12.6. The maximum atomic E-state index is 11.2. The summed E-state index contributed by atoms with van der Waals surface area (Å²) in [5, 5.41) is 11.5. The van der Waals surface area contributed by atoms with Gasteiger partial charge in [-0.2, -0.15) is 5.10 Å². The highest BCUT2D eigenvalue weighted by Crippen LogP contribution is 2.28. The highest BCUT2D eigenvalue weighted by molar-refractivity contribution is 5.83. The summed E-state index contributed by atoms with van der Waals surface area (Å²) in [5.41, 5.74) is 7.88. The Morgan fingerprint density at radius 3 is 2.76 bits per heavy atom. The van der Waals surface area contributed by atoms with Crippen molar-refractivity contribution >= 4 is 34.1 Å². The van der Waals surface area contributed by atoms with Crippen LogP contribution in [0.1, 0.15) is 33.6 Å².